The topological polar surface area (TPSA) is 121 Å². The third-order valence-corrected chi connectivity index (χ3v) is 8.72. The van der Waals surface area contributed by atoms with E-state index >= 15 is 0 Å². The van der Waals surface area contributed by atoms with Gasteiger partial charge < -0.3 is 28.9 Å². The third kappa shape index (κ3) is 5.84. The summed E-state index contributed by atoms with van der Waals surface area (Å²) >= 11 is 4.48. The maximum Gasteiger partial charge on any atom is 0.434 e. The molecule has 12 nitrogen and oxygen atoms in total. The van der Waals surface area contributed by atoms with Gasteiger partial charge in [-0.25, -0.2) is 4.57 Å². The molecular formula is C33H35N7O5S. The summed E-state index contributed by atoms with van der Waals surface area (Å²) in [6.07, 6.45) is 6.62. The van der Waals surface area contributed by atoms with Crippen molar-refractivity contribution in [2.75, 3.05) is 27.2 Å². The highest BCUT2D eigenvalue weighted by atomic mass is 32.1. The number of benzene rings is 2. The van der Waals surface area contributed by atoms with Crippen molar-refractivity contribution < 1.29 is 19.2 Å². The highest BCUT2D eigenvalue weighted by Crippen LogP contribution is 2.37. The summed E-state index contributed by atoms with van der Waals surface area (Å²) in [6.45, 7) is 2.29. The smallest absolute Gasteiger partial charge is 0.390 e. The molecule has 5 aromatic rings. The molecule has 46 heavy (non-hydrogen) atoms. The number of aromatic nitrogens is 4. The highest BCUT2D eigenvalue weighted by molar-refractivity contribution is 7.77. The molecule has 4 bridgehead atoms. The number of carbonyl (C=O) groups excluding carboxylic acids is 2. The number of hydrogen-bond acceptors (Lipinski definition) is 8. The van der Waals surface area contributed by atoms with Gasteiger partial charge in [-0.15, -0.1) is 0 Å². The molecule has 0 saturated carbocycles. The fraction of sp³-hybridized carbons (Fsp3) is 0.303. The molecule has 1 unspecified atom stereocenters. The minimum atomic E-state index is -0.565. The standard InChI is InChI=1S/C33H35N7O5S/c1-35(17-22-16-34-33(37(22)3)40(43)44)32(42)31-27-20-38(30-11-7-5-9-25(27)30)13-12-23(18-36(2)46)45-15-14-39-19-26(28(31)21-41)24-8-4-6-10-29(24)39/h4-11,16,19-21,23,46H,12-15,17-18H2,1-3H3/b31-28+. The van der Waals surface area contributed by atoms with Crippen LogP contribution in [0, 0.1) is 10.1 Å². The van der Waals surface area contributed by atoms with Gasteiger partial charge in [0, 0.05) is 77.6 Å². The Balaban J connectivity index is 1.57. The van der Waals surface area contributed by atoms with Crippen LogP contribution in [0.3, 0.4) is 0 Å². The van der Waals surface area contributed by atoms with Crippen LogP contribution in [0.1, 0.15) is 23.2 Å². The Hall–Kier alpha value is -4.72. The van der Waals surface area contributed by atoms with Crippen molar-refractivity contribution in [1.29, 1.82) is 0 Å². The zero-order valence-corrected chi connectivity index (χ0v) is 26.8. The first kappa shape index (κ1) is 31.3. The molecule has 2 aromatic carbocycles. The van der Waals surface area contributed by atoms with Crippen molar-refractivity contribution in [3.05, 3.63) is 94.1 Å². The molecule has 1 atom stereocenters. The molecule has 6 rings (SSSR count). The van der Waals surface area contributed by atoms with E-state index in [0.29, 0.717) is 49.5 Å². The summed E-state index contributed by atoms with van der Waals surface area (Å²) in [6, 6.07) is 15.6. The predicted octanol–water partition coefficient (Wildman–Crippen LogP) is 4.57. The van der Waals surface area contributed by atoms with Crippen molar-refractivity contribution >= 4 is 63.9 Å². The number of nitrogens with zero attached hydrogens (tertiary/aromatic N) is 7. The van der Waals surface area contributed by atoms with Crippen LogP contribution in [-0.4, -0.2) is 78.4 Å². The SMILES string of the molecule is CN(S)CC1CCn2cc(c3ccccc32)/C(C(=O)N(C)Cc2cnc([N+](=O)[O-])n2C)=C(/C=O)c2cn(c3ccccc23)CCO1. The van der Waals surface area contributed by atoms with Crippen LogP contribution >= 0.6 is 12.8 Å². The van der Waals surface area contributed by atoms with Crippen LogP contribution in [0.25, 0.3) is 33.0 Å². The van der Waals surface area contributed by atoms with E-state index in [1.807, 2.05) is 72.3 Å². The Morgan fingerprint density at radius 2 is 1.70 bits per heavy atom. The molecule has 0 saturated heterocycles. The molecule has 0 radical (unpaired) electrons. The zero-order valence-electron chi connectivity index (χ0n) is 25.9. The van der Waals surface area contributed by atoms with Crippen LogP contribution in [0.15, 0.2) is 67.1 Å². The normalized spacial score (nSPS) is 17.4. The molecule has 0 N–H and O–H groups in total. The highest BCUT2D eigenvalue weighted by Gasteiger charge is 2.29. The van der Waals surface area contributed by atoms with E-state index < -0.39 is 10.8 Å². The van der Waals surface area contributed by atoms with Gasteiger partial charge in [-0.2, -0.15) is 0 Å². The lowest BCUT2D eigenvalue weighted by atomic mass is 9.93. The molecule has 1 amide bonds. The lowest BCUT2D eigenvalue weighted by molar-refractivity contribution is -0.396. The maximum absolute atomic E-state index is 14.6. The van der Waals surface area contributed by atoms with Crippen LogP contribution < -0.4 is 0 Å². The average molecular weight is 642 g/mol. The van der Waals surface area contributed by atoms with Gasteiger partial charge in [-0.1, -0.05) is 54.2 Å². The number of thiol groups is 1. The van der Waals surface area contributed by atoms with Crippen LogP contribution in [-0.2, 0) is 41.0 Å². The van der Waals surface area contributed by atoms with Gasteiger partial charge in [0.05, 0.1) is 31.9 Å². The van der Waals surface area contributed by atoms with E-state index in [-0.39, 0.29) is 29.7 Å². The summed E-state index contributed by atoms with van der Waals surface area (Å²) in [7, 11) is 5.07. The average Bonchev–Trinajstić information content (AvgIpc) is 3.71. The number of para-hydroxylation sites is 2. The largest absolute Gasteiger partial charge is 0.434 e. The van der Waals surface area contributed by atoms with Crippen molar-refractivity contribution in [1.82, 2.24) is 27.9 Å². The van der Waals surface area contributed by atoms with Gasteiger partial charge in [-0.05, 0) is 30.5 Å². The van der Waals surface area contributed by atoms with Crippen molar-refractivity contribution in [3.63, 3.8) is 0 Å². The first-order valence-corrected chi connectivity index (χ1v) is 15.4. The Bertz CT molecular complexity index is 1990. The minimum Gasteiger partial charge on any atom is -0.390 e. The second-order valence-corrected chi connectivity index (χ2v) is 12.2. The Kier molecular flexibility index (Phi) is 8.80. The number of nitro groups is 1. The molecule has 238 valence electrons. The van der Waals surface area contributed by atoms with Crippen LogP contribution in [0.5, 0.6) is 0 Å². The molecule has 0 spiro atoms. The number of hydrogen-bond donors (Lipinski definition) is 1. The fourth-order valence-electron chi connectivity index (χ4n) is 6.29. The van der Waals surface area contributed by atoms with E-state index in [9.17, 15) is 19.7 Å². The number of ether oxygens (including phenoxy) is 1. The zero-order chi connectivity index (χ0) is 32.5. The first-order chi connectivity index (χ1) is 22.2. The number of amides is 1. The Morgan fingerprint density at radius 1 is 1.07 bits per heavy atom. The molecule has 1 aliphatic rings. The van der Waals surface area contributed by atoms with Crippen LogP contribution in [0.2, 0.25) is 0 Å². The van der Waals surface area contributed by atoms with Gasteiger partial charge in [0.1, 0.15) is 11.9 Å². The Morgan fingerprint density at radius 3 is 2.33 bits per heavy atom. The first-order valence-electron chi connectivity index (χ1n) is 15.0. The fourth-order valence-corrected chi connectivity index (χ4v) is 6.47. The van der Waals surface area contributed by atoms with Crippen molar-refractivity contribution in [3.8, 4) is 0 Å². The van der Waals surface area contributed by atoms with E-state index in [1.54, 1.807) is 14.1 Å². The van der Waals surface area contributed by atoms with E-state index in [1.165, 1.54) is 15.7 Å². The lowest BCUT2D eigenvalue weighted by Crippen LogP contribution is -2.29. The number of aldehydes is 1. The molecule has 3 aromatic heterocycles. The van der Waals surface area contributed by atoms with Crippen molar-refractivity contribution in [2.45, 2.75) is 32.2 Å². The van der Waals surface area contributed by atoms with Gasteiger partial charge in [-0.3, -0.25) is 13.9 Å². The third-order valence-electron chi connectivity index (χ3n) is 8.55. The van der Waals surface area contributed by atoms with Gasteiger partial charge in [0.25, 0.3) is 5.91 Å². The second-order valence-electron chi connectivity index (χ2n) is 11.6. The van der Waals surface area contributed by atoms with Gasteiger partial charge >= 0.3 is 5.95 Å². The summed E-state index contributed by atoms with van der Waals surface area (Å²) in [5, 5.41) is 13.1. The number of likely N-dealkylation sites (N-methyl/N-ethyl adjacent to an activating group) is 2. The lowest BCUT2D eigenvalue weighted by Gasteiger charge is -2.22. The molecule has 0 fully saturated rings. The van der Waals surface area contributed by atoms with E-state index in [0.717, 1.165) is 28.1 Å². The number of carbonyl (C=O) groups is 2. The summed E-state index contributed by atoms with van der Waals surface area (Å²) in [5.41, 5.74) is 4.11. The minimum absolute atomic E-state index is 0.0441. The summed E-state index contributed by atoms with van der Waals surface area (Å²) in [4.78, 5) is 44.1. The van der Waals surface area contributed by atoms with E-state index in [4.69, 9.17) is 4.74 Å². The summed E-state index contributed by atoms with van der Waals surface area (Å²) < 4.78 is 13.7. The number of allylic oxidation sites excluding steroid dienone is 1. The monoisotopic (exact) mass is 641 g/mol. The Labute approximate surface area is 271 Å². The number of aryl methyl sites for hydroxylation is 1. The molecule has 4 heterocycles. The van der Waals surface area contributed by atoms with Crippen LogP contribution in [0.4, 0.5) is 5.95 Å². The number of rotatable bonds is 7. The predicted molar refractivity (Wildman–Crippen MR) is 179 cm³/mol. The molecule has 0 aliphatic carbocycles. The van der Waals surface area contributed by atoms with Gasteiger partial charge in [0.2, 0.25) is 0 Å². The number of imidazole rings is 1. The summed E-state index contributed by atoms with van der Waals surface area (Å²) in [5.74, 6) is -0.709. The second kappa shape index (κ2) is 12.9. The van der Waals surface area contributed by atoms with Gasteiger partial charge in [0.15, 0.2) is 6.29 Å². The van der Waals surface area contributed by atoms with E-state index in [2.05, 4.69) is 26.9 Å². The quantitative estimate of drug-likeness (QED) is 0.120. The number of fused-ring (bicyclic) bond motifs is 10. The maximum atomic E-state index is 14.6. The molecular weight excluding hydrogens is 606 g/mol. The van der Waals surface area contributed by atoms with Crippen molar-refractivity contribution in [2.24, 2.45) is 7.05 Å². The molecule has 13 heteroatoms. The molecule has 1 aliphatic heterocycles.